The molecule has 4 nitrogen and oxygen atoms in total. The fourth-order valence-electron chi connectivity index (χ4n) is 0.870. The number of rotatable bonds is 4. The maximum Gasteiger partial charge on any atom is 0.293 e. The smallest absolute Gasteiger partial charge is 0.293 e. The summed E-state index contributed by atoms with van der Waals surface area (Å²) in [5.74, 6) is 0. The van der Waals surface area contributed by atoms with E-state index in [1.54, 1.807) is 0 Å². The van der Waals surface area contributed by atoms with Crippen LogP contribution in [0.2, 0.25) is 0 Å². The van der Waals surface area contributed by atoms with Gasteiger partial charge in [0.15, 0.2) is 0 Å². The predicted molar refractivity (Wildman–Crippen MR) is 50.9 cm³/mol. The largest absolute Gasteiger partial charge is 0.483 e. The topological polar surface area (TPSA) is 63.6 Å². The molecule has 0 saturated carbocycles. The zero-order valence-corrected chi connectivity index (χ0v) is 7.63. The van der Waals surface area contributed by atoms with Crippen LogP contribution in [0.4, 0.5) is 0 Å². The van der Waals surface area contributed by atoms with Crippen LogP contribution in [-0.2, 0) is 20.7 Å². The van der Waals surface area contributed by atoms with Crippen LogP contribution in [-0.4, -0.2) is 24.7 Å². The molecule has 0 bridgehead atoms. The monoisotopic (exact) mass is 196 g/mol. The van der Waals surface area contributed by atoms with Crippen molar-refractivity contribution in [2.24, 2.45) is 0 Å². The number of carboxylic acid groups (broad SMARTS) is 1. The molecule has 0 unspecified atom stereocenters. The van der Waals surface area contributed by atoms with Crippen LogP contribution in [0.1, 0.15) is 5.56 Å². The van der Waals surface area contributed by atoms with E-state index in [1.807, 2.05) is 30.3 Å². The lowest BCUT2D eigenvalue weighted by molar-refractivity contribution is -0.128. The standard InChI is InChI=1S/C9H10O2.CH2O2/c10-8-11-7-6-9-4-2-1-3-5-9;2-1-3/h1-5,8H,6-7H2;1H,(H,2,3). The van der Waals surface area contributed by atoms with Gasteiger partial charge in [0.1, 0.15) is 0 Å². The summed E-state index contributed by atoms with van der Waals surface area (Å²) in [5, 5.41) is 6.89. The molecule has 0 aliphatic carbocycles. The van der Waals surface area contributed by atoms with Gasteiger partial charge in [-0.1, -0.05) is 30.3 Å². The highest BCUT2D eigenvalue weighted by Gasteiger charge is 1.89. The fourth-order valence-corrected chi connectivity index (χ4v) is 0.870. The summed E-state index contributed by atoms with van der Waals surface area (Å²) in [6, 6.07) is 9.92. The van der Waals surface area contributed by atoms with E-state index in [2.05, 4.69) is 4.74 Å². The first-order valence-corrected chi connectivity index (χ1v) is 4.02. The van der Waals surface area contributed by atoms with Crippen LogP contribution in [0.3, 0.4) is 0 Å². The first-order chi connectivity index (χ1) is 6.85. The highest BCUT2D eigenvalue weighted by molar-refractivity contribution is 5.36. The molecule has 76 valence electrons. The molecule has 0 radical (unpaired) electrons. The molecule has 0 saturated heterocycles. The molecule has 0 amide bonds. The van der Waals surface area contributed by atoms with Gasteiger partial charge in [0.2, 0.25) is 0 Å². The van der Waals surface area contributed by atoms with Crippen molar-refractivity contribution < 1.29 is 19.4 Å². The number of hydrogen-bond acceptors (Lipinski definition) is 3. The van der Waals surface area contributed by atoms with Crippen molar-refractivity contribution >= 4 is 12.9 Å². The van der Waals surface area contributed by atoms with Crippen molar-refractivity contribution in [2.75, 3.05) is 6.61 Å². The van der Waals surface area contributed by atoms with Gasteiger partial charge in [0.25, 0.3) is 12.9 Å². The van der Waals surface area contributed by atoms with Crippen LogP contribution in [0.25, 0.3) is 0 Å². The van der Waals surface area contributed by atoms with E-state index in [0.29, 0.717) is 13.1 Å². The van der Waals surface area contributed by atoms with E-state index in [0.717, 1.165) is 6.42 Å². The minimum Gasteiger partial charge on any atom is -0.483 e. The summed E-state index contributed by atoms with van der Waals surface area (Å²) >= 11 is 0. The Hall–Kier alpha value is -1.84. The van der Waals surface area contributed by atoms with Gasteiger partial charge in [-0.3, -0.25) is 9.59 Å². The van der Waals surface area contributed by atoms with Crippen molar-refractivity contribution in [2.45, 2.75) is 6.42 Å². The number of carbonyl (C=O) groups excluding carboxylic acids is 1. The van der Waals surface area contributed by atoms with E-state index in [-0.39, 0.29) is 6.47 Å². The van der Waals surface area contributed by atoms with Crippen molar-refractivity contribution in [1.82, 2.24) is 0 Å². The molecule has 1 aromatic rings. The quantitative estimate of drug-likeness (QED) is 0.578. The Bertz CT molecular complexity index is 246. The van der Waals surface area contributed by atoms with Gasteiger partial charge >= 0.3 is 0 Å². The maximum absolute atomic E-state index is 9.77. The molecule has 0 aliphatic heterocycles. The molecule has 0 aliphatic rings. The normalized spacial score (nSPS) is 8.00. The van der Waals surface area contributed by atoms with E-state index >= 15 is 0 Å². The molecule has 0 spiro atoms. The Morgan fingerprint density at radius 2 is 1.79 bits per heavy atom. The van der Waals surface area contributed by atoms with Crippen LogP contribution in [0, 0.1) is 0 Å². The molecule has 0 fully saturated rings. The number of hydrogen-bond donors (Lipinski definition) is 1. The van der Waals surface area contributed by atoms with Crippen LogP contribution < -0.4 is 0 Å². The van der Waals surface area contributed by atoms with Gasteiger partial charge in [-0.05, 0) is 5.56 Å². The number of ether oxygens (including phenoxy) is 1. The second-order valence-electron chi connectivity index (χ2n) is 2.31. The fraction of sp³-hybridized carbons (Fsp3) is 0.200. The summed E-state index contributed by atoms with van der Waals surface area (Å²) in [5.41, 5.74) is 1.19. The van der Waals surface area contributed by atoms with Crippen molar-refractivity contribution in [3.63, 3.8) is 0 Å². The Morgan fingerprint density at radius 3 is 2.29 bits per heavy atom. The summed E-state index contributed by atoms with van der Waals surface area (Å²) < 4.78 is 4.56. The van der Waals surface area contributed by atoms with Gasteiger partial charge in [0, 0.05) is 6.42 Å². The third-order valence-electron chi connectivity index (χ3n) is 1.42. The SMILES string of the molecule is O=CO.O=COCCc1ccccc1. The van der Waals surface area contributed by atoms with Gasteiger partial charge in [-0.25, -0.2) is 0 Å². The van der Waals surface area contributed by atoms with E-state index in [1.165, 1.54) is 5.56 Å². The first-order valence-electron chi connectivity index (χ1n) is 4.02. The Balaban J connectivity index is 0.000000500. The molecule has 0 atom stereocenters. The summed E-state index contributed by atoms with van der Waals surface area (Å²) in [6.07, 6.45) is 0.791. The first kappa shape index (κ1) is 12.2. The van der Waals surface area contributed by atoms with Crippen LogP contribution in [0.15, 0.2) is 30.3 Å². The third-order valence-corrected chi connectivity index (χ3v) is 1.42. The van der Waals surface area contributed by atoms with E-state index < -0.39 is 0 Å². The van der Waals surface area contributed by atoms with Crippen molar-refractivity contribution in [3.8, 4) is 0 Å². The highest BCUT2D eigenvalue weighted by atomic mass is 16.5. The lowest BCUT2D eigenvalue weighted by Gasteiger charge is -1.97. The molecular weight excluding hydrogens is 184 g/mol. The van der Waals surface area contributed by atoms with Gasteiger partial charge in [0.05, 0.1) is 6.61 Å². The number of carbonyl (C=O) groups is 2. The lowest BCUT2D eigenvalue weighted by Crippen LogP contribution is -1.95. The second kappa shape index (κ2) is 9.25. The maximum atomic E-state index is 9.77. The van der Waals surface area contributed by atoms with E-state index in [4.69, 9.17) is 9.90 Å². The highest BCUT2D eigenvalue weighted by Crippen LogP contribution is 1.98. The molecule has 1 aromatic carbocycles. The zero-order valence-electron chi connectivity index (χ0n) is 7.63. The Morgan fingerprint density at radius 1 is 1.21 bits per heavy atom. The average Bonchev–Trinajstić information content (AvgIpc) is 2.21. The summed E-state index contributed by atoms with van der Waals surface area (Å²) in [7, 11) is 0. The van der Waals surface area contributed by atoms with Crippen LogP contribution in [0.5, 0.6) is 0 Å². The van der Waals surface area contributed by atoms with Crippen LogP contribution >= 0.6 is 0 Å². The second-order valence-corrected chi connectivity index (χ2v) is 2.31. The molecule has 1 rings (SSSR count). The summed E-state index contributed by atoms with van der Waals surface area (Å²) in [4.78, 5) is 18.1. The molecular formula is C10H12O4. The molecule has 14 heavy (non-hydrogen) atoms. The zero-order chi connectivity index (χ0) is 10.6. The van der Waals surface area contributed by atoms with E-state index in [9.17, 15) is 4.79 Å². The Kier molecular flexibility index (Phi) is 8.03. The number of benzene rings is 1. The average molecular weight is 196 g/mol. The molecule has 4 heteroatoms. The van der Waals surface area contributed by atoms with Gasteiger partial charge < -0.3 is 9.84 Å². The molecule has 0 heterocycles. The third kappa shape index (κ3) is 6.84. The lowest BCUT2D eigenvalue weighted by atomic mass is 10.2. The summed E-state index contributed by atoms with van der Waals surface area (Å²) in [6.45, 7) is 0.691. The molecule has 1 N–H and O–H groups in total. The Labute approximate surface area is 82.1 Å². The van der Waals surface area contributed by atoms with Crippen molar-refractivity contribution in [3.05, 3.63) is 35.9 Å². The minimum atomic E-state index is -0.250. The van der Waals surface area contributed by atoms with Crippen molar-refractivity contribution in [1.29, 1.82) is 0 Å². The van der Waals surface area contributed by atoms with Gasteiger partial charge in [-0.2, -0.15) is 0 Å². The predicted octanol–water partition coefficient (Wildman–Crippen LogP) is 1.10. The van der Waals surface area contributed by atoms with Gasteiger partial charge in [-0.15, -0.1) is 0 Å². The minimum absolute atomic E-state index is 0.250. The molecule has 0 aromatic heterocycles.